The van der Waals surface area contributed by atoms with Crippen molar-refractivity contribution >= 4 is 0 Å². The van der Waals surface area contributed by atoms with Crippen LogP contribution in [0.4, 0.5) is 0 Å². The molecule has 0 amide bonds. The van der Waals surface area contributed by atoms with Crippen molar-refractivity contribution in [2.45, 2.75) is 98.4 Å². The Hall–Kier alpha value is -0.600. The monoisotopic (exact) mass is 488 g/mol. The van der Waals surface area contributed by atoms with Crippen LogP contribution in [0, 0.1) is 0 Å². The number of hydrogen-bond acceptors (Lipinski definition) is 15. The van der Waals surface area contributed by atoms with E-state index in [-0.39, 0.29) is 0 Å². The van der Waals surface area contributed by atoms with Crippen LogP contribution >= 0.6 is 0 Å². The maximum Gasteiger partial charge on any atom is 0.187 e. The maximum absolute atomic E-state index is 11.3. The molecule has 11 N–H and O–H groups in total. The van der Waals surface area contributed by atoms with Crippen LogP contribution in [0.5, 0.6) is 0 Å². The summed E-state index contributed by atoms with van der Waals surface area (Å²) in [5.74, 6) is 0. The van der Waals surface area contributed by atoms with Crippen molar-refractivity contribution < 1.29 is 75.1 Å². The van der Waals surface area contributed by atoms with Crippen LogP contribution in [0.1, 0.15) is 6.92 Å². The first kappa shape index (κ1) is 27.0. The normalized spacial score (nSPS) is 56.0. The molecule has 15 atom stereocenters. The highest BCUT2D eigenvalue weighted by Crippen LogP contribution is 2.40. The number of aliphatic hydroxyl groups excluding tert-OH is 10. The average molecular weight is 488 g/mol. The molecule has 33 heavy (non-hydrogen) atoms. The summed E-state index contributed by atoms with van der Waals surface area (Å²) in [6.45, 7) is -0.426. The lowest BCUT2D eigenvalue weighted by atomic mass is 9.74. The fraction of sp³-hybridized carbons (Fsp3) is 1.00. The van der Waals surface area contributed by atoms with Gasteiger partial charge in [-0.05, 0) is 6.92 Å². The van der Waals surface area contributed by atoms with Gasteiger partial charge >= 0.3 is 0 Å². The van der Waals surface area contributed by atoms with E-state index < -0.39 is 105 Å². The van der Waals surface area contributed by atoms with E-state index in [1.165, 1.54) is 6.92 Å². The van der Waals surface area contributed by atoms with Gasteiger partial charge in [0, 0.05) is 0 Å². The molecule has 0 radical (unpaired) electrons. The Balaban J connectivity index is 1.91. The van der Waals surface area contributed by atoms with Crippen molar-refractivity contribution in [3.8, 4) is 0 Å². The van der Waals surface area contributed by atoms with E-state index in [2.05, 4.69) is 0 Å². The molecule has 0 aromatic carbocycles. The van der Waals surface area contributed by atoms with Crippen molar-refractivity contribution in [1.29, 1.82) is 0 Å². The number of rotatable bonds is 5. The molecule has 0 aromatic rings. The Bertz CT molecular complexity index is 652. The van der Waals surface area contributed by atoms with Gasteiger partial charge < -0.3 is 75.1 Å². The van der Waals surface area contributed by atoms with Crippen molar-refractivity contribution in [3.63, 3.8) is 0 Å². The predicted octanol–water partition coefficient (Wildman–Crippen LogP) is -7.16. The molecule has 0 aromatic heterocycles. The number of ether oxygens (including phenoxy) is 4. The summed E-state index contributed by atoms with van der Waals surface area (Å²) in [5, 5.41) is 112. The molecule has 3 fully saturated rings. The largest absolute Gasteiger partial charge is 0.394 e. The van der Waals surface area contributed by atoms with Crippen molar-refractivity contribution in [3.05, 3.63) is 0 Å². The van der Waals surface area contributed by atoms with Gasteiger partial charge in [0.1, 0.15) is 67.1 Å². The summed E-state index contributed by atoms with van der Waals surface area (Å²) >= 11 is 0. The first-order valence-corrected chi connectivity index (χ1v) is 10.4. The molecule has 3 rings (SSSR count). The van der Waals surface area contributed by atoms with Crippen molar-refractivity contribution in [1.82, 2.24) is 0 Å². The summed E-state index contributed by atoms with van der Waals surface area (Å²) in [4.78, 5) is 0. The fourth-order valence-electron chi connectivity index (χ4n) is 4.42. The topological polar surface area (TPSA) is 259 Å². The lowest BCUT2D eigenvalue weighted by Crippen LogP contribution is -2.77. The molecule has 0 aliphatic carbocycles. The van der Waals surface area contributed by atoms with Crippen LogP contribution < -0.4 is 0 Å². The highest BCUT2D eigenvalue weighted by Gasteiger charge is 2.65. The van der Waals surface area contributed by atoms with E-state index >= 15 is 0 Å². The quantitative estimate of drug-likeness (QED) is 0.172. The first-order valence-electron chi connectivity index (χ1n) is 10.4. The second-order valence-electron chi connectivity index (χ2n) is 8.57. The zero-order valence-electron chi connectivity index (χ0n) is 17.5. The minimum Gasteiger partial charge on any atom is -0.394 e. The van der Waals surface area contributed by atoms with Crippen LogP contribution in [-0.2, 0) is 18.9 Å². The molecular formula is C18H32O15. The smallest absolute Gasteiger partial charge is 0.187 e. The van der Waals surface area contributed by atoms with Crippen LogP contribution in [0.3, 0.4) is 0 Å². The Morgan fingerprint density at radius 3 is 1.88 bits per heavy atom. The van der Waals surface area contributed by atoms with Gasteiger partial charge in [-0.2, -0.15) is 0 Å². The van der Waals surface area contributed by atoms with Crippen molar-refractivity contribution in [2.75, 3.05) is 13.2 Å². The Labute approximate surface area is 187 Å². The zero-order chi connectivity index (χ0) is 24.8. The van der Waals surface area contributed by atoms with Crippen molar-refractivity contribution in [2.24, 2.45) is 0 Å². The summed E-state index contributed by atoms with van der Waals surface area (Å²) in [6, 6.07) is 0. The van der Waals surface area contributed by atoms with E-state index in [1.54, 1.807) is 0 Å². The second-order valence-corrected chi connectivity index (χ2v) is 8.57. The van der Waals surface area contributed by atoms with Gasteiger partial charge in [0.2, 0.25) is 0 Å². The van der Waals surface area contributed by atoms with Crippen LogP contribution in [-0.4, -0.2) is 161 Å². The molecule has 3 heterocycles. The van der Waals surface area contributed by atoms with Crippen LogP contribution in [0.2, 0.25) is 0 Å². The van der Waals surface area contributed by atoms with Crippen LogP contribution in [0.25, 0.3) is 0 Å². The highest BCUT2D eigenvalue weighted by molar-refractivity contribution is 5.12. The SMILES string of the molecule is CC1OC([C@]2(O)C(O)C(CO)OC(OC3C(CO)OC(O)C(O)C3O)C2O)C(O)C(O)C1O. The van der Waals surface area contributed by atoms with E-state index in [0.29, 0.717) is 0 Å². The molecule has 3 aliphatic heterocycles. The van der Waals surface area contributed by atoms with Gasteiger partial charge in [-0.15, -0.1) is 0 Å². The third-order valence-electron chi connectivity index (χ3n) is 6.48. The van der Waals surface area contributed by atoms with Gasteiger partial charge in [-0.25, -0.2) is 0 Å². The molecule has 15 heteroatoms. The van der Waals surface area contributed by atoms with Crippen LogP contribution in [0.15, 0.2) is 0 Å². The fourth-order valence-corrected chi connectivity index (χ4v) is 4.42. The molecule has 14 unspecified atom stereocenters. The molecule has 0 bridgehead atoms. The number of aliphatic hydroxyl groups is 11. The number of hydrogen-bond donors (Lipinski definition) is 11. The summed E-state index contributed by atoms with van der Waals surface area (Å²) in [7, 11) is 0. The molecule has 194 valence electrons. The van der Waals surface area contributed by atoms with E-state index in [0.717, 1.165) is 0 Å². The summed E-state index contributed by atoms with van der Waals surface area (Å²) in [6.07, 6.45) is -25.1. The van der Waals surface area contributed by atoms with Gasteiger partial charge in [0.25, 0.3) is 0 Å². The first-order chi connectivity index (χ1) is 15.4. The minimum atomic E-state index is -2.85. The predicted molar refractivity (Wildman–Crippen MR) is 99.9 cm³/mol. The Morgan fingerprint density at radius 2 is 1.30 bits per heavy atom. The maximum atomic E-state index is 11.3. The lowest BCUT2D eigenvalue weighted by molar-refractivity contribution is -0.392. The third kappa shape index (κ3) is 4.53. The Kier molecular flexibility index (Phi) is 8.32. The van der Waals surface area contributed by atoms with Gasteiger partial charge in [0.15, 0.2) is 18.2 Å². The molecular weight excluding hydrogens is 456 g/mol. The van der Waals surface area contributed by atoms with E-state index in [1.807, 2.05) is 0 Å². The third-order valence-corrected chi connectivity index (χ3v) is 6.48. The zero-order valence-corrected chi connectivity index (χ0v) is 17.5. The standard InChI is InChI=1S/C18H32O15/c1-4-7(21)8(22)10(24)15(30-4)18(29)13(26)6(3-20)32-17(14(18)27)33-12-5(2-19)31-16(28)11(25)9(12)23/h4-17,19-29H,2-3H2,1H3/t4?,5?,6?,7?,8?,9?,10?,11?,12?,13?,14?,15?,16?,17?,18-/m0/s1. The van der Waals surface area contributed by atoms with Gasteiger partial charge in [-0.3, -0.25) is 0 Å². The highest BCUT2D eigenvalue weighted by atomic mass is 16.7. The molecule has 3 aliphatic rings. The summed E-state index contributed by atoms with van der Waals surface area (Å²) in [5.41, 5.74) is -2.85. The minimum absolute atomic E-state index is 0.809. The lowest BCUT2D eigenvalue weighted by Gasteiger charge is -2.55. The van der Waals surface area contributed by atoms with E-state index in [4.69, 9.17) is 18.9 Å². The van der Waals surface area contributed by atoms with Gasteiger partial charge in [0.05, 0.1) is 19.3 Å². The molecule has 0 saturated carbocycles. The average Bonchev–Trinajstić information content (AvgIpc) is 2.80. The summed E-state index contributed by atoms with van der Waals surface area (Å²) < 4.78 is 21.1. The Morgan fingerprint density at radius 1 is 0.697 bits per heavy atom. The second kappa shape index (κ2) is 10.2. The van der Waals surface area contributed by atoms with E-state index in [9.17, 15) is 56.2 Å². The molecule has 15 nitrogen and oxygen atoms in total. The van der Waals surface area contributed by atoms with Gasteiger partial charge in [-0.1, -0.05) is 0 Å². The molecule has 0 spiro atoms. The molecule has 3 saturated heterocycles.